The Morgan fingerprint density at radius 3 is 2.48 bits per heavy atom. The molecule has 0 spiro atoms. The van der Waals surface area contributed by atoms with Crippen LogP contribution in [0.1, 0.15) is 15.9 Å². The van der Waals surface area contributed by atoms with E-state index in [1.54, 1.807) is 30.3 Å². The fourth-order valence-corrected chi connectivity index (χ4v) is 2.81. The Morgan fingerprint density at radius 2 is 1.87 bits per heavy atom. The Kier molecular flexibility index (Phi) is 6.75. The molecule has 0 aliphatic heterocycles. The van der Waals surface area contributed by atoms with E-state index in [0.29, 0.717) is 21.7 Å². The van der Waals surface area contributed by atoms with Crippen LogP contribution in [0, 0.1) is 0 Å². The lowest BCUT2D eigenvalue weighted by atomic mass is 10.2. The van der Waals surface area contributed by atoms with E-state index >= 15 is 0 Å². The van der Waals surface area contributed by atoms with Crippen LogP contribution in [0.5, 0.6) is 0 Å². The minimum atomic E-state index is -4.78. The van der Waals surface area contributed by atoms with Crippen LogP contribution in [0.25, 0.3) is 5.70 Å². The topological polar surface area (TPSA) is 106 Å². The van der Waals surface area contributed by atoms with Gasteiger partial charge in [0, 0.05) is 28.1 Å². The van der Waals surface area contributed by atoms with Crippen LogP contribution in [0.15, 0.2) is 76.5 Å². The molecule has 0 bridgehead atoms. The molecule has 1 amide bonds. The van der Waals surface area contributed by atoms with Gasteiger partial charge in [0.2, 0.25) is 0 Å². The molecule has 0 aliphatic rings. The van der Waals surface area contributed by atoms with Gasteiger partial charge in [-0.3, -0.25) is 9.78 Å². The van der Waals surface area contributed by atoms with Crippen LogP contribution < -0.4 is 11.1 Å². The number of nitrogens with one attached hydrogen (secondary N) is 1. The van der Waals surface area contributed by atoms with Crippen molar-refractivity contribution in [2.24, 2.45) is 10.7 Å². The Labute approximate surface area is 183 Å². The maximum atomic E-state index is 13.4. The summed E-state index contributed by atoms with van der Waals surface area (Å²) >= 11 is 3.26. The van der Waals surface area contributed by atoms with Crippen LogP contribution in [0.3, 0.4) is 0 Å². The number of carbonyl (C=O) groups is 1. The number of hydrogen-bond acceptors (Lipinski definition) is 6. The van der Waals surface area contributed by atoms with Crippen LogP contribution in [-0.2, 0) is 0 Å². The highest BCUT2D eigenvalue weighted by molar-refractivity contribution is 9.10. The molecule has 1 aromatic carbocycles. The zero-order valence-corrected chi connectivity index (χ0v) is 17.2. The van der Waals surface area contributed by atoms with Gasteiger partial charge in [0.05, 0.1) is 5.56 Å². The van der Waals surface area contributed by atoms with E-state index < -0.39 is 17.8 Å². The summed E-state index contributed by atoms with van der Waals surface area (Å²) in [7, 11) is 0. The summed E-state index contributed by atoms with van der Waals surface area (Å²) in [6.07, 6.45) is -1.27. The van der Waals surface area contributed by atoms with Gasteiger partial charge in [-0.05, 0) is 58.4 Å². The van der Waals surface area contributed by atoms with E-state index in [-0.39, 0.29) is 17.3 Å². The van der Waals surface area contributed by atoms with Crippen LogP contribution in [0.2, 0.25) is 0 Å². The third-order valence-corrected chi connectivity index (χ3v) is 4.51. The number of aliphatic imine (C=N–C) groups is 1. The van der Waals surface area contributed by atoms with Gasteiger partial charge in [0.25, 0.3) is 5.91 Å². The molecule has 0 saturated carbocycles. The first-order valence-electron chi connectivity index (χ1n) is 8.67. The van der Waals surface area contributed by atoms with Crippen molar-refractivity contribution in [1.29, 1.82) is 0 Å². The number of allylic oxidation sites excluding steroid dienone is 1. The zero-order chi connectivity index (χ0) is 22.4. The average molecular weight is 491 g/mol. The lowest BCUT2D eigenvalue weighted by molar-refractivity contribution is -0.0576. The number of nitrogens with zero attached hydrogens (tertiary/aromatic N) is 4. The molecule has 0 fully saturated rings. The third kappa shape index (κ3) is 5.95. The Bertz CT molecular complexity index is 1130. The normalized spacial score (nSPS) is 12.5. The van der Waals surface area contributed by atoms with E-state index in [4.69, 9.17) is 5.73 Å². The first kappa shape index (κ1) is 22.1. The second-order valence-electron chi connectivity index (χ2n) is 6.05. The Hall–Kier alpha value is -3.60. The van der Waals surface area contributed by atoms with Crippen molar-refractivity contribution in [2.45, 2.75) is 6.18 Å². The fraction of sp³-hybridized carbons (Fsp3) is 0.0500. The van der Waals surface area contributed by atoms with Crippen LogP contribution >= 0.6 is 15.9 Å². The predicted octanol–water partition coefficient (Wildman–Crippen LogP) is 4.52. The number of pyridine rings is 1. The monoisotopic (exact) mass is 490 g/mol. The van der Waals surface area contributed by atoms with E-state index in [9.17, 15) is 18.0 Å². The number of benzene rings is 1. The van der Waals surface area contributed by atoms with Gasteiger partial charge < -0.3 is 11.1 Å². The van der Waals surface area contributed by atoms with Crippen LogP contribution in [-0.4, -0.2) is 33.0 Å². The summed E-state index contributed by atoms with van der Waals surface area (Å²) in [4.78, 5) is 19.6. The van der Waals surface area contributed by atoms with Gasteiger partial charge in [-0.25, -0.2) is 4.99 Å². The van der Waals surface area contributed by atoms with Crippen molar-refractivity contribution in [2.75, 3.05) is 5.32 Å². The first-order valence-corrected chi connectivity index (χ1v) is 9.46. The summed E-state index contributed by atoms with van der Waals surface area (Å²) in [5.41, 5.74) is 5.01. The fourth-order valence-electron chi connectivity index (χ4n) is 2.35. The van der Waals surface area contributed by atoms with Gasteiger partial charge in [0.15, 0.2) is 11.6 Å². The number of alkyl halides is 3. The number of anilines is 1. The van der Waals surface area contributed by atoms with E-state index in [2.05, 4.69) is 41.4 Å². The number of rotatable bonds is 5. The van der Waals surface area contributed by atoms with E-state index in [1.807, 2.05) is 0 Å². The number of carbonyl (C=O) groups excluding carboxylic acids is 1. The maximum absolute atomic E-state index is 13.4. The molecule has 2 aromatic heterocycles. The number of amides is 1. The standard InChI is InChI=1S/C20H14BrF3N6O/c21-14-6-2-1-5-13(14)19(31)28-18-8-7-17(29-30-18)27-16(20(22,23)24)10-15(25)12-4-3-9-26-11-12/h1-11H,25H2,(H,28,30,31). The molecule has 3 rings (SSSR count). The van der Waals surface area contributed by atoms with Gasteiger partial charge in [-0.15, -0.1) is 10.2 Å². The molecular formula is C20H14BrF3N6O. The molecule has 0 unspecified atom stereocenters. The second kappa shape index (κ2) is 9.47. The van der Waals surface area contributed by atoms with Gasteiger partial charge in [-0.1, -0.05) is 12.1 Å². The van der Waals surface area contributed by atoms with Crippen LogP contribution in [0.4, 0.5) is 24.8 Å². The van der Waals surface area contributed by atoms with Crippen molar-refractivity contribution in [3.8, 4) is 0 Å². The Morgan fingerprint density at radius 1 is 1.10 bits per heavy atom. The quantitative estimate of drug-likeness (QED) is 0.511. The second-order valence-corrected chi connectivity index (χ2v) is 6.90. The molecule has 0 atom stereocenters. The van der Waals surface area contributed by atoms with Gasteiger partial charge >= 0.3 is 6.18 Å². The summed E-state index contributed by atoms with van der Waals surface area (Å²) in [5.74, 6) is -0.707. The summed E-state index contributed by atoms with van der Waals surface area (Å²) < 4.78 is 40.8. The molecule has 2 heterocycles. The number of nitrogens with two attached hydrogens (primary N) is 1. The minimum absolute atomic E-state index is 0.0543. The van der Waals surface area contributed by atoms with E-state index in [1.165, 1.54) is 30.6 Å². The first-order chi connectivity index (χ1) is 14.7. The maximum Gasteiger partial charge on any atom is 0.433 e. The van der Waals surface area contributed by atoms with Crippen molar-refractivity contribution in [1.82, 2.24) is 15.2 Å². The molecule has 11 heteroatoms. The summed E-state index contributed by atoms with van der Waals surface area (Å²) in [6, 6.07) is 12.3. The number of hydrogen-bond donors (Lipinski definition) is 2. The molecule has 158 valence electrons. The van der Waals surface area contributed by atoms with Crippen molar-refractivity contribution >= 4 is 44.9 Å². The van der Waals surface area contributed by atoms with Gasteiger partial charge in [-0.2, -0.15) is 13.2 Å². The Balaban J connectivity index is 1.82. The zero-order valence-electron chi connectivity index (χ0n) is 15.6. The van der Waals surface area contributed by atoms with Crippen molar-refractivity contribution < 1.29 is 18.0 Å². The van der Waals surface area contributed by atoms with Crippen molar-refractivity contribution in [3.05, 3.63) is 82.6 Å². The smallest absolute Gasteiger partial charge is 0.398 e. The highest BCUT2D eigenvalue weighted by atomic mass is 79.9. The summed E-state index contributed by atoms with van der Waals surface area (Å²) in [6.45, 7) is 0. The molecule has 3 aromatic rings. The SMILES string of the molecule is NC(=CC(=Nc1ccc(NC(=O)c2ccccc2Br)nn1)C(F)(F)F)c1cccnc1. The molecular weight excluding hydrogens is 477 g/mol. The predicted molar refractivity (Wildman–Crippen MR) is 114 cm³/mol. The minimum Gasteiger partial charge on any atom is -0.398 e. The third-order valence-electron chi connectivity index (χ3n) is 3.82. The van der Waals surface area contributed by atoms with Gasteiger partial charge in [0.1, 0.15) is 5.71 Å². The van der Waals surface area contributed by atoms with E-state index in [0.717, 1.165) is 0 Å². The molecule has 3 N–H and O–H groups in total. The largest absolute Gasteiger partial charge is 0.433 e. The number of halogens is 4. The molecule has 0 radical (unpaired) electrons. The van der Waals surface area contributed by atoms with Crippen molar-refractivity contribution in [3.63, 3.8) is 0 Å². The lowest BCUT2D eigenvalue weighted by Gasteiger charge is -2.09. The highest BCUT2D eigenvalue weighted by Crippen LogP contribution is 2.23. The summed E-state index contributed by atoms with van der Waals surface area (Å²) in [5, 5.41) is 9.86. The molecule has 7 nitrogen and oxygen atoms in total. The highest BCUT2D eigenvalue weighted by Gasteiger charge is 2.34. The molecule has 31 heavy (non-hydrogen) atoms. The lowest BCUT2D eigenvalue weighted by Crippen LogP contribution is -2.22. The number of aromatic nitrogens is 3. The average Bonchev–Trinajstić information content (AvgIpc) is 2.74. The molecule has 0 aliphatic carbocycles. The molecule has 0 saturated heterocycles.